The van der Waals surface area contributed by atoms with E-state index >= 15 is 0 Å². The number of carbonyl (C=O) groups excluding carboxylic acids is 1. The van der Waals surface area contributed by atoms with Gasteiger partial charge in [0.25, 0.3) is 0 Å². The van der Waals surface area contributed by atoms with Gasteiger partial charge in [-0.1, -0.05) is 46.8 Å². The molecular weight excluding hydrogens is 408 g/mol. The summed E-state index contributed by atoms with van der Waals surface area (Å²) in [6.07, 6.45) is 0. The molecule has 0 spiro atoms. The minimum atomic E-state index is 0.0680. The van der Waals surface area contributed by atoms with Crippen LogP contribution in [0.1, 0.15) is 10.4 Å². The second-order valence-corrected chi connectivity index (χ2v) is 9.22. The zero-order valence-electron chi connectivity index (χ0n) is 14.2. The summed E-state index contributed by atoms with van der Waals surface area (Å²) in [6.45, 7) is 2.59. The number of halogens is 1. The highest BCUT2D eigenvalue weighted by atomic mass is 35.5. The molecule has 3 aromatic rings. The minimum absolute atomic E-state index is 0.0680. The Labute approximate surface area is 169 Å². The number of hydrogen-bond acceptors (Lipinski definition) is 7. The van der Waals surface area contributed by atoms with Gasteiger partial charge in [0.2, 0.25) is 11.0 Å². The van der Waals surface area contributed by atoms with Crippen molar-refractivity contribution < 1.29 is 4.79 Å². The van der Waals surface area contributed by atoms with E-state index in [0.717, 1.165) is 15.6 Å². The molecule has 1 N–H and O–H groups in total. The van der Waals surface area contributed by atoms with Crippen molar-refractivity contribution in [2.24, 2.45) is 0 Å². The Hall–Kier alpha value is -1.61. The van der Waals surface area contributed by atoms with Crippen molar-refractivity contribution in [2.75, 3.05) is 18.1 Å². The number of aromatic nitrogens is 2. The van der Waals surface area contributed by atoms with E-state index in [9.17, 15) is 4.79 Å². The SMILES string of the molecule is Cc1ccc(Nc2nnc(SCC(=O)N(C)Cc3cccs3)s2)cc1Cl. The van der Waals surface area contributed by atoms with Gasteiger partial charge in [0.15, 0.2) is 4.34 Å². The van der Waals surface area contributed by atoms with E-state index in [1.54, 1.807) is 16.2 Å². The summed E-state index contributed by atoms with van der Waals surface area (Å²) in [5, 5.41) is 14.8. The number of hydrogen-bond donors (Lipinski definition) is 1. The number of benzene rings is 1. The van der Waals surface area contributed by atoms with Gasteiger partial charge in [-0.25, -0.2) is 0 Å². The first-order valence-electron chi connectivity index (χ1n) is 7.77. The summed E-state index contributed by atoms with van der Waals surface area (Å²) in [7, 11) is 1.82. The number of thiophene rings is 1. The first-order chi connectivity index (χ1) is 12.5. The number of anilines is 2. The third-order valence-corrected chi connectivity index (χ3v) is 6.77. The quantitative estimate of drug-likeness (QED) is 0.537. The Morgan fingerprint density at radius 3 is 2.92 bits per heavy atom. The van der Waals surface area contributed by atoms with Crippen LogP contribution in [0, 0.1) is 6.92 Å². The highest BCUT2D eigenvalue weighted by molar-refractivity contribution is 8.01. The number of rotatable bonds is 7. The molecule has 9 heteroatoms. The van der Waals surface area contributed by atoms with Gasteiger partial charge in [-0.05, 0) is 36.1 Å². The summed E-state index contributed by atoms with van der Waals surface area (Å²) in [5.74, 6) is 0.408. The van der Waals surface area contributed by atoms with Crippen LogP contribution in [-0.4, -0.2) is 33.8 Å². The van der Waals surface area contributed by atoms with Gasteiger partial charge in [-0.3, -0.25) is 4.79 Å². The zero-order valence-corrected chi connectivity index (χ0v) is 17.4. The largest absolute Gasteiger partial charge is 0.340 e. The van der Waals surface area contributed by atoms with Crippen molar-refractivity contribution in [1.29, 1.82) is 0 Å². The van der Waals surface area contributed by atoms with Crippen molar-refractivity contribution in [3.05, 3.63) is 51.2 Å². The molecule has 26 heavy (non-hydrogen) atoms. The Morgan fingerprint density at radius 1 is 1.35 bits per heavy atom. The van der Waals surface area contributed by atoms with Crippen LogP contribution in [0.15, 0.2) is 40.1 Å². The van der Waals surface area contributed by atoms with Crippen LogP contribution in [0.5, 0.6) is 0 Å². The fourth-order valence-corrected chi connectivity index (χ4v) is 4.72. The van der Waals surface area contributed by atoms with Crippen LogP contribution in [0.4, 0.5) is 10.8 Å². The molecule has 0 unspecified atom stereocenters. The van der Waals surface area contributed by atoms with E-state index in [1.165, 1.54) is 28.0 Å². The second-order valence-electron chi connectivity index (χ2n) is 5.58. The number of thioether (sulfide) groups is 1. The first kappa shape index (κ1) is 19.2. The predicted octanol–water partition coefficient (Wildman–Crippen LogP) is 5.06. The standard InChI is InChI=1S/C17H17ClN4OS3/c1-11-5-6-12(8-14(11)18)19-16-20-21-17(26-16)25-10-15(23)22(2)9-13-4-3-7-24-13/h3-8H,9-10H2,1-2H3,(H,19,20). The van der Waals surface area contributed by atoms with Crippen LogP contribution in [0.2, 0.25) is 5.02 Å². The van der Waals surface area contributed by atoms with Crippen LogP contribution < -0.4 is 5.32 Å². The van der Waals surface area contributed by atoms with E-state index < -0.39 is 0 Å². The molecule has 3 rings (SSSR count). The Balaban J connectivity index is 1.51. The molecule has 0 aliphatic rings. The van der Waals surface area contributed by atoms with Gasteiger partial charge in [-0.15, -0.1) is 21.5 Å². The predicted molar refractivity (Wildman–Crippen MR) is 111 cm³/mol. The van der Waals surface area contributed by atoms with Gasteiger partial charge in [0.05, 0.1) is 12.3 Å². The molecule has 0 bridgehead atoms. The fourth-order valence-electron chi connectivity index (χ4n) is 2.07. The lowest BCUT2D eigenvalue weighted by atomic mass is 10.2. The maximum Gasteiger partial charge on any atom is 0.233 e. The highest BCUT2D eigenvalue weighted by Crippen LogP contribution is 2.29. The average Bonchev–Trinajstić information content (AvgIpc) is 3.28. The van der Waals surface area contributed by atoms with Crippen molar-refractivity contribution in [2.45, 2.75) is 17.8 Å². The van der Waals surface area contributed by atoms with Crippen molar-refractivity contribution in [3.8, 4) is 0 Å². The normalized spacial score (nSPS) is 10.7. The van der Waals surface area contributed by atoms with E-state index in [4.69, 9.17) is 11.6 Å². The number of nitrogens with one attached hydrogen (secondary N) is 1. The lowest BCUT2D eigenvalue weighted by molar-refractivity contribution is -0.127. The molecule has 2 aromatic heterocycles. The van der Waals surface area contributed by atoms with E-state index in [0.29, 0.717) is 22.5 Å². The van der Waals surface area contributed by atoms with Crippen molar-refractivity contribution in [3.63, 3.8) is 0 Å². The maximum absolute atomic E-state index is 12.2. The van der Waals surface area contributed by atoms with E-state index in [2.05, 4.69) is 15.5 Å². The maximum atomic E-state index is 12.2. The Kier molecular flexibility index (Phi) is 6.53. The van der Waals surface area contributed by atoms with E-state index in [1.807, 2.05) is 49.7 Å². The van der Waals surface area contributed by atoms with Gasteiger partial charge >= 0.3 is 0 Å². The Morgan fingerprint density at radius 2 is 2.19 bits per heavy atom. The summed E-state index contributed by atoms with van der Waals surface area (Å²) < 4.78 is 0.753. The molecule has 0 atom stereocenters. The first-order valence-corrected chi connectivity index (χ1v) is 10.8. The molecule has 0 fully saturated rings. The molecular formula is C17H17ClN4OS3. The van der Waals surface area contributed by atoms with Crippen LogP contribution in [-0.2, 0) is 11.3 Å². The molecule has 0 aliphatic carbocycles. The molecule has 136 valence electrons. The lowest BCUT2D eigenvalue weighted by Gasteiger charge is -2.15. The Bertz CT molecular complexity index is 882. The molecule has 0 saturated carbocycles. The molecule has 0 radical (unpaired) electrons. The fraction of sp³-hybridized carbons (Fsp3) is 0.235. The number of carbonyl (C=O) groups is 1. The number of nitrogens with zero attached hydrogens (tertiary/aromatic N) is 3. The summed E-state index contributed by atoms with van der Waals surface area (Å²) in [4.78, 5) is 15.1. The topological polar surface area (TPSA) is 58.1 Å². The summed E-state index contributed by atoms with van der Waals surface area (Å²) >= 11 is 10.6. The highest BCUT2D eigenvalue weighted by Gasteiger charge is 2.13. The van der Waals surface area contributed by atoms with Crippen LogP contribution >= 0.6 is 46.0 Å². The van der Waals surface area contributed by atoms with Crippen LogP contribution in [0.3, 0.4) is 0 Å². The molecule has 0 saturated heterocycles. The minimum Gasteiger partial charge on any atom is -0.340 e. The zero-order chi connectivity index (χ0) is 18.5. The second kappa shape index (κ2) is 8.85. The van der Waals surface area contributed by atoms with Gasteiger partial charge in [0.1, 0.15) is 0 Å². The van der Waals surface area contributed by atoms with Crippen LogP contribution in [0.25, 0.3) is 0 Å². The lowest BCUT2D eigenvalue weighted by Crippen LogP contribution is -2.27. The number of amides is 1. The summed E-state index contributed by atoms with van der Waals surface area (Å²) in [6, 6.07) is 9.77. The monoisotopic (exact) mass is 424 g/mol. The molecule has 5 nitrogen and oxygen atoms in total. The smallest absolute Gasteiger partial charge is 0.233 e. The molecule has 1 aromatic carbocycles. The average molecular weight is 425 g/mol. The van der Waals surface area contributed by atoms with Gasteiger partial charge in [0, 0.05) is 22.6 Å². The molecule has 0 aliphatic heterocycles. The summed E-state index contributed by atoms with van der Waals surface area (Å²) in [5.41, 5.74) is 1.89. The molecule has 2 heterocycles. The third kappa shape index (κ3) is 5.20. The van der Waals surface area contributed by atoms with Crippen molar-refractivity contribution >= 4 is 62.8 Å². The number of aryl methyl sites for hydroxylation is 1. The van der Waals surface area contributed by atoms with E-state index in [-0.39, 0.29) is 5.91 Å². The van der Waals surface area contributed by atoms with Gasteiger partial charge < -0.3 is 10.2 Å². The molecule has 1 amide bonds. The van der Waals surface area contributed by atoms with Crippen molar-refractivity contribution in [1.82, 2.24) is 15.1 Å². The van der Waals surface area contributed by atoms with Gasteiger partial charge in [-0.2, -0.15) is 0 Å². The third-order valence-electron chi connectivity index (χ3n) is 3.55.